The molecule has 1 amide bonds. The Labute approximate surface area is 76.3 Å². The van der Waals surface area contributed by atoms with E-state index in [1.807, 2.05) is 0 Å². The van der Waals surface area contributed by atoms with E-state index in [4.69, 9.17) is 5.73 Å². The molecule has 0 aliphatic carbocycles. The van der Waals surface area contributed by atoms with Gasteiger partial charge in [-0.2, -0.15) is 0 Å². The van der Waals surface area contributed by atoms with Crippen molar-refractivity contribution < 1.29 is 9.32 Å². The maximum absolute atomic E-state index is 10.4. The zero-order valence-electron chi connectivity index (χ0n) is 7.32. The smallest absolute Gasteiger partial charge is 0.217 e. The van der Waals surface area contributed by atoms with Gasteiger partial charge in [0.1, 0.15) is 6.26 Å². The summed E-state index contributed by atoms with van der Waals surface area (Å²) < 4.78 is 4.65. The van der Waals surface area contributed by atoms with Crippen molar-refractivity contribution in [3.05, 3.63) is 18.0 Å². The third kappa shape index (κ3) is 4.27. The van der Waals surface area contributed by atoms with E-state index in [-0.39, 0.29) is 5.91 Å². The fraction of sp³-hybridized carbons (Fsp3) is 0.500. The van der Waals surface area contributed by atoms with E-state index in [0.29, 0.717) is 13.0 Å². The van der Waals surface area contributed by atoms with Crippen molar-refractivity contribution in [2.75, 3.05) is 6.54 Å². The first-order chi connectivity index (χ1) is 6.29. The van der Waals surface area contributed by atoms with Crippen LogP contribution in [-0.2, 0) is 11.3 Å². The number of primary amides is 1. The molecule has 5 nitrogen and oxygen atoms in total. The molecule has 0 fully saturated rings. The van der Waals surface area contributed by atoms with Gasteiger partial charge in [-0.1, -0.05) is 5.16 Å². The van der Waals surface area contributed by atoms with Crippen LogP contribution in [0.2, 0.25) is 0 Å². The van der Waals surface area contributed by atoms with Gasteiger partial charge in [-0.25, -0.2) is 0 Å². The molecule has 0 aliphatic rings. The third-order valence-electron chi connectivity index (χ3n) is 1.59. The minimum Gasteiger partial charge on any atom is -0.370 e. The topological polar surface area (TPSA) is 81.2 Å². The Bertz CT molecular complexity index is 246. The quantitative estimate of drug-likeness (QED) is 0.609. The van der Waals surface area contributed by atoms with E-state index >= 15 is 0 Å². The van der Waals surface area contributed by atoms with Gasteiger partial charge in [0.05, 0.1) is 6.20 Å². The Morgan fingerprint density at radius 3 is 3.15 bits per heavy atom. The highest BCUT2D eigenvalue weighted by molar-refractivity contribution is 5.73. The Hall–Kier alpha value is -1.36. The molecule has 0 saturated carbocycles. The largest absolute Gasteiger partial charge is 0.370 e. The second kappa shape index (κ2) is 5.31. The summed E-state index contributed by atoms with van der Waals surface area (Å²) >= 11 is 0. The average Bonchev–Trinajstić information content (AvgIpc) is 2.55. The van der Waals surface area contributed by atoms with Crippen LogP contribution in [0.3, 0.4) is 0 Å². The van der Waals surface area contributed by atoms with Crippen LogP contribution in [0.25, 0.3) is 0 Å². The maximum Gasteiger partial charge on any atom is 0.217 e. The van der Waals surface area contributed by atoms with Crippen molar-refractivity contribution in [3.63, 3.8) is 0 Å². The highest BCUT2D eigenvalue weighted by Gasteiger charge is 1.96. The molecule has 72 valence electrons. The number of aromatic nitrogens is 1. The molecule has 1 heterocycles. The van der Waals surface area contributed by atoms with E-state index in [2.05, 4.69) is 15.0 Å². The maximum atomic E-state index is 10.4. The molecule has 1 aromatic heterocycles. The molecule has 1 aromatic rings. The van der Waals surface area contributed by atoms with Gasteiger partial charge in [-0.3, -0.25) is 4.79 Å². The number of rotatable bonds is 6. The molecule has 1 rings (SSSR count). The zero-order chi connectivity index (χ0) is 9.52. The monoisotopic (exact) mass is 183 g/mol. The molecular weight excluding hydrogens is 170 g/mol. The van der Waals surface area contributed by atoms with Crippen LogP contribution in [0.4, 0.5) is 0 Å². The number of nitrogens with one attached hydrogen (secondary N) is 1. The summed E-state index contributed by atoms with van der Waals surface area (Å²) in [6.07, 6.45) is 4.43. The van der Waals surface area contributed by atoms with Gasteiger partial charge in [-0.15, -0.1) is 0 Å². The van der Waals surface area contributed by atoms with E-state index in [9.17, 15) is 4.79 Å². The van der Waals surface area contributed by atoms with Gasteiger partial charge in [-0.05, 0) is 13.0 Å². The minimum absolute atomic E-state index is 0.258. The van der Waals surface area contributed by atoms with Crippen molar-refractivity contribution in [3.8, 4) is 0 Å². The lowest BCUT2D eigenvalue weighted by molar-refractivity contribution is -0.118. The van der Waals surface area contributed by atoms with E-state index in [1.54, 1.807) is 12.5 Å². The van der Waals surface area contributed by atoms with Gasteiger partial charge in [0.2, 0.25) is 5.91 Å². The normalized spacial score (nSPS) is 10.2. The first kappa shape index (κ1) is 9.73. The predicted octanol–water partition coefficient (Wildman–Crippen LogP) is 0.0297. The van der Waals surface area contributed by atoms with Crippen molar-refractivity contribution in [1.82, 2.24) is 10.5 Å². The Morgan fingerprint density at radius 2 is 2.54 bits per heavy atom. The summed E-state index contributed by atoms with van der Waals surface area (Å²) in [5.41, 5.74) is 5.98. The van der Waals surface area contributed by atoms with Crippen molar-refractivity contribution in [2.45, 2.75) is 19.4 Å². The summed E-state index contributed by atoms with van der Waals surface area (Å²) in [6.45, 7) is 1.48. The minimum atomic E-state index is -0.258. The number of nitrogens with zero attached hydrogens (tertiary/aromatic N) is 1. The number of amides is 1. The SMILES string of the molecule is NC(=O)CCCNCc1cnoc1. The molecule has 0 unspecified atom stereocenters. The fourth-order valence-electron chi connectivity index (χ4n) is 0.934. The second-order valence-electron chi connectivity index (χ2n) is 2.78. The van der Waals surface area contributed by atoms with Crippen LogP contribution in [-0.4, -0.2) is 17.6 Å². The third-order valence-corrected chi connectivity index (χ3v) is 1.59. The molecular formula is C8H13N3O2. The summed E-state index contributed by atoms with van der Waals surface area (Å²) in [6, 6.07) is 0. The molecule has 3 N–H and O–H groups in total. The van der Waals surface area contributed by atoms with Crippen LogP contribution < -0.4 is 11.1 Å². The number of nitrogens with two attached hydrogens (primary N) is 1. The first-order valence-corrected chi connectivity index (χ1v) is 4.16. The molecule has 0 bridgehead atoms. The van der Waals surface area contributed by atoms with Crippen molar-refractivity contribution >= 4 is 5.91 Å². The Balaban J connectivity index is 1.99. The highest BCUT2D eigenvalue weighted by Crippen LogP contribution is 1.95. The second-order valence-corrected chi connectivity index (χ2v) is 2.78. The number of carbonyl (C=O) groups excluding carboxylic acids is 1. The summed E-state index contributed by atoms with van der Waals surface area (Å²) in [5, 5.41) is 6.70. The lowest BCUT2D eigenvalue weighted by atomic mass is 10.3. The standard InChI is InChI=1S/C8H13N3O2/c9-8(12)2-1-3-10-4-7-5-11-13-6-7/h5-6,10H,1-4H2,(H2,9,12). The van der Waals surface area contributed by atoms with Gasteiger partial charge in [0.15, 0.2) is 0 Å². The molecule has 0 saturated heterocycles. The Kier molecular flexibility index (Phi) is 3.98. The molecule has 5 heteroatoms. The van der Waals surface area contributed by atoms with Crippen LogP contribution in [0.5, 0.6) is 0 Å². The van der Waals surface area contributed by atoms with Crippen LogP contribution >= 0.6 is 0 Å². The summed E-state index contributed by atoms with van der Waals surface area (Å²) in [4.78, 5) is 10.4. The number of hydrogen-bond acceptors (Lipinski definition) is 4. The molecule has 0 aliphatic heterocycles. The van der Waals surface area contributed by atoms with Gasteiger partial charge < -0.3 is 15.6 Å². The zero-order valence-corrected chi connectivity index (χ0v) is 7.32. The molecule has 0 spiro atoms. The van der Waals surface area contributed by atoms with Gasteiger partial charge in [0.25, 0.3) is 0 Å². The van der Waals surface area contributed by atoms with Gasteiger partial charge >= 0.3 is 0 Å². The Morgan fingerprint density at radius 1 is 1.69 bits per heavy atom. The summed E-state index contributed by atoms with van der Waals surface area (Å²) in [5.74, 6) is -0.258. The molecule has 0 atom stereocenters. The van der Waals surface area contributed by atoms with Crippen molar-refractivity contribution in [2.24, 2.45) is 5.73 Å². The predicted molar refractivity (Wildman–Crippen MR) is 46.6 cm³/mol. The first-order valence-electron chi connectivity index (χ1n) is 4.16. The van der Waals surface area contributed by atoms with E-state index in [1.165, 1.54) is 0 Å². The average molecular weight is 183 g/mol. The summed E-state index contributed by atoms with van der Waals surface area (Å²) in [7, 11) is 0. The van der Waals surface area contributed by atoms with Crippen LogP contribution in [0.15, 0.2) is 17.0 Å². The van der Waals surface area contributed by atoms with Crippen LogP contribution in [0.1, 0.15) is 18.4 Å². The van der Waals surface area contributed by atoms with E-state index in [0.717, 1.165) is 18.5 Å². The van der Waals surface area contributed by atoms with Gasteiger partial charge in [0, 0.05) is 18.5 Å². The number of hydrogen-bond donors (Lipinski definition) is 2. The number of carbonyl (C=O) groups is 1. The molecule has 13 heavy (non-hydrogen) atoms. The fourth-order valence-corrected chi connectivity index (χ4v) is 0.934. The lowest BCUT2D eigenvalue weighted by Gasteiger charge is -1.99. The van der Waals surface area contributed by atoms with E-state index < -0.39 is 0 Å². The van der Waals surface area contributed by atoms with Crippen LogP contribution in [0, 0.1) is 0 Å². The van der Waals surface area contributed by atoms with Crippen molar-refractivity contribution in [1.29, 1.82) is 0 Å². The highest BCUT2D eigenvalue weighted by atomic mass is 16.5. The lowest BCUT2D eigenvalue weighted by Crippen LogP contribution is -2.17. The molecule has 0 radical (unpaired) electrons. The molecule has 0 aromatic carbocycles.